The second kappa shape index (κ2) is 12.4. The van der Waals surface area contributed by atoms with Crippen LogP contribution in [0, 0.1) is 11.8 Å². The maximum Gasteiger partial charge on any atom is 0.407 e. The Morgan fingerprint density at radius 2 is 1.64 bits per heavy atom. The number of carbonyl (C=O) groups is 1. The van der Waals surface area contributed by atoms with Gasteiger partial charge in [0.15, 0.2) is 0 Å². The molecule has 6 N–H and O–H groups in total. The van der Waals surface area contributed by atoms with Gasteiger partial charge < -0.3 is 25.4 Å². The maximum absolute atomic E-state index is 11.6. The second-order valence-electron chi connectivity index (χ2n) is 7.16. The Morgan fingerprint density at radius 3 is 2.08 bits per heavy atom. The van der Waals surface area contributed by atoms with Crippen LogP contribution in [0.1, 0.15) is 48.0 Å². The van der Waals surface area contributed by atoms with Gasteiger partial charge in [-0.3, -0.25) is 10.6 Å². The van der Waals surface area contributed by atoms with Gasteiger partial charge >= 0.3 is 6.09 Å². The number of carbonyl (C=O) groups excluding carboxylic acids is 1. The topological polar surface area (TPSA) is 123 Å². The molecule has 0 aliphatic rings. The Kier molecular flexibility index (Phi) is 12.0. The Morgan fingerprint density at radius 1 is 1.04 bits per heavy atom. The van der Waals surface area contributed by atoms with E-state index >= 15 is 0 Å². The Bertz CT molecular complexity index is 368. The van der Waals surface area contributed by atoms with Crippen molar-refractivity contribution in [3.63, 3.8) is 0 Å². The van der Waals surface area contributed by atoms with Crippen molar-refractivity contribution < 1.29 is 24.9 Å². The first-order valence-corrected chi connectivity index (χ1v) is 9.04. The quantitative estimate of drug-likeness (QED) is 0.277. The zero-order chi connectivity index (χ0) is 19.6. The highest BCUT2D eigenvalue weighted by atomic mass is 16.5. The molecule has 0 saturated carbocycles. The molecule has 8 nitrogen and oxygen atoms in total. The summed E-state index contributed by atoms with van der Waals surface area (Å²) >= 11 is 0. The van der Waals surface area contributed by atoms with E-state index in [9.17, 15) is 20.1 Å². The summed E-state index contributed by atoms with van der Waals surface area (Å²) in [6.45, 7) is 11.4. The van der Waals surface area contributed by atoms with Crippen LogP contribution in [0.3, 0.4) is 0 Å². The molecule has 0 radical (unpaired) electrons. The first-order chi connectivity index (χ1) is 11.6. The van der Waals surface area contributed by atoms with Crippen LogP contribution in [0.2, 0.25) is 0 Å². The molecule has 0 rings (SSSR count). The molecule has 0 saturated heterocycles. The van der Waals surface area contributed by atoms with E-state index in [2.05, 4.69) is 16.0 Å². The van der Waals surface area contributed by atoms with Gasteiger partial charge in [0.2, 0.25) is 0 Å². The van der Waals surface area contributed by atoms with Crippen LogP contribution >= 0.6 is 0 Å². The highest BCUT2D eigenvalue weighted by Gasteiger charge is 2.28. The van der Waals surface area contributed by atoms with Crippen LogP contribution < -0.4 is 16.0 Å². The van der Waals surface area contributed by atoms with Gasteiger partial charge in [-0.2, -0.15) is 0 Å². The Labute approximate surface area is 151 Å². The van der Waals surface area contributed by atoms with Crippen LogP contribution in [0.15, 0.2) is 0 Å². The standard InChI is InChI=1S/C17H37N3O5/c1-7-25-17(24)20-14(11(4)5)16(23)18-12(6)15(22)19-13(9-21)8-10(2)3/h10-16,18-19,21-23H,7-9H2,1-6H3,(H,20,24). The minimum atomic E-state index is -1.06. The zero-order valence-corrected chi connectivity index (χ0v) is 16.3. The number of aliphatic hydroxyl groups excluding tert-OH is 3. The normalized spacial score (nSPS) is 17.9. The number of hydrogen-bond donors (Lipinski definition) is 6. The lowest BCUT2D eigenvalue weighted by molar-refractivity contribution is 0.0163. The molecule has 0 aromatic rings. The van der Waals surface area contributed by atoms with E-state index in [0.717, 1.165) is 6.42 Å². The molecule has 25 heavy (non-hydrogen) atoms. The number of nitrogens with one attached hydrogen (secondary N) is 3. The van der Waals surface area contributed by atoms with Crippen molar-refractivity contribution in [2.75, 3.05) is 13.2 Å². The Balaban J connectivity index is 4.65. The van der Waals surface area contributed by atoms with Gasteiger partial charge in [-0.05, 0) is 32.1 Å². The molecule has 1 amide bonds. The van der Waals surface area contributed by atoms with Crippen molar-refractivity contribution in [1.29, 1.82) is 0 Å². The largest absolute Gasteiger partial charge is 0.450 e. The van der Waals surface area contributed by atoms with E-state index in [-0.39, 0.29) is 25.2 Å². The van der Waals surface area contributed by atoms with E-state index in [1.165, 1.54) is 0 Å². The lowest BCUT2D eigenvalue weighted by Gasteiger charge is -2.32. The number of amides is 1. The molecular formula is C17H37N3O5. The predicted octanol–water partition coefficient (Wildman–Crippen LogP) is 0.369. The number of rotatable bonds is 12. The average Bonchev–Trinajstić information content (AvgIpc) is 2.50. The van der Waals surface area contributed by atoms with Gasteiger partial charge in [0.25, 0.3) is 0 Å². The summed E-state index contributed by atoms with van der Waals surface area (Å²) in [4.78, 5) is 11.6. The van der Waals surface area contributed by atoms with Crippen LogP contribution in [0.5, 0.6) is 0 Å². The minimum absolute atomic E-state index is 0.0460. The minimum Gasteiger partial charge on any atom is -0.450 e. The van der Waals surface area contributed by atoms with Crippen LogP contribution in [0.25, 0.3) is 0 Å². The summed E-state index contributed by atoms with van der Waals surface area (Å²) in [5.74, 6) is 0.333. The van der Waals surface area contributed by atoms with Gasteiger partial charge in [0, 0.05) is 12.1 Å². The number of ether oxygens (including phenoxy) is 1. The van der Waals surface area contributed by atoms with E-state index < -0.39 is 30.6 Å². The van der Waals surface area contributed by atoms with E-state index in [0.29, 0.717) is 5.92 Å². The summed E-state index contributed by atoms with van der Waals surface area (Å²) in [7, 11) is 0. The van der Waals surface area contributed by atoms with Gasteiger partial charge in [-0.1, -0.05) is 27.7 Å². The molecular weight excluding hydrogens is 326 g/mol. The zero-order valence-electron chi connectivity index (χ0n) is 16.3. The third-order valence-electron chi connectivity index (χ3n) is 3.91. The molecule has 0 aliphatic carbocycles. The SMILES string of the molecule is CCOC(=O)NC(C(C)C)C(O)NC(C)C(O)NC(CO)CC(C)C. The summed E-state index contributed by atoms with van der Waals surface area (Å²) in [5.41, 5.74) is 0. The summed E-state index contributed by atoms with van der Waals surface area (Å²) < 4.78 is 4.85. The van der Waals surface area contributed by atoms with Gasteiger partial charge in [-0.15, -0.1) is 0 Å². The summed E-state index contributed by atoms with van der Waals surface area (Å²) in [5, 5.41) is 38.5. The number of aliphatic hydroxyl groups is 3. The molecule has 0 spiro atoms. The van der Waals surface area contributed by atoms with Crippen molar-refractivity contribution in [3.05, 3.63) is 0 Å². The maximum atomic E-state index is 11.6. The highest BCUT2D eigenvalue weighted by Crippen LogP contribution is 2.09. The van der Waals surface area contributed by atoms with Gasteiger partial charge in [-0.25, -0.2) is 4.79 Å². The van der Waals surface area contributed by atoms with Crippen molar-refractivity contribution in [2.24, 2.45) is 11.8 Å². The third kappa shape index (κ3) is 9.96. The lowest BCUT2D eigenvalue weighted by atomic mass is 10.0. The average molecular weight is 363 g/mol. The molecule has 150 valence electrons. The molecule has 0 aromatic heterocycles. The lowest BCUT2D eigenvalue weighted by Crippen LogP contribution is -2.59. The fraction of sp³-hybridized carbons (Fsp3) is 0.941. The van der Waals surface area contributed by atoms with Crippen molar-refractivity contribution in [1.82, 2.24) is 16.0 Å². The molecule has 8 heteroatoms. The molecule has 5 atom stereocenters. The third-order valence-corrected chi connectivity index (χ3v) is 3.91. The van der Waals surface area contributed by atoms with Crippen LogP contribution in [-0.2, 0) is 4.74 Å². The van der Waals surface area contributed by atoms with Crippen molar-refractivity contribution in [3.8, 4) is 0 Å². The van der Waals surface area contributed by atoms with E-state index in [1.54, 1.807) is 13.8 Å². The smallest absolute Gasteiger partial charge is 0.407 e. The van der Waals surface area contributed by atoms with Crippen molar-refractivity contribution in [2.45, 2.75) is 78.5 Å². The molecule has 0 aliphatic heterocycles. The number of alkyl carbamates (subject to hydrolysis) is 1. The molecule has 5 unspecified atom stereocenters. The van der Waals surface area contributed by atoms with E-state index in [4.69, 9.17) is 4.74 Å². The first-order valence-electron chi connectivity index (χ1n) is 9.04. The second-order valence-corrected chi connectivity index (χ2v) is 7.16. The summed E-state index contributed by atoms with van der Waals surface area (Å²) in [6.07, 6.45) is -1.89. The number of hydrogen-bond acceptors (Lipinski definition) is 7. The monoisotopic (exact) mass is 363 g/mol. The predicted molar refractivity (Wildman–Crippen MR) is 96.9 cm³/mol. The van der Waals surface area contributed by atoms with Crippen LogP contribution in [-0.4, -0.2) is 65.2 Å². The van der Waals surface area contributed by atoms with Crippen LogP contribution in [0.4, 0.5) is 4.79 Å². The molecule has 0 aromatic carbocycles. The van der Waals surface area contributed by atoms with E-state index in [1.807, 2.05) is 27.7 Å². The fourth-order valence-electron chi connectivity index (χ4n) is 2.53. The summed E-state index contributed by atoms with van der Waals surface area (Å²) in [6, 6.07) is -1.30. The first kappa shape index (κ1) is 24.1. The fourth-order valence-corrected chi connectivity index (χ4v) is 2.53. The molecule has 0 fully saturated rings. The Hall–Kier alpha value is -0.930. The van der Waals surface area contributed by atoms with Gasteiger partial charge in [0.1, 0.15) is 12.5 Å². The van der Waals surface area contributed by atoms with Gasteiger partial charge in [0.05, 0.1) is 19.3 Å². The highest BCUT2D eigenvalue weighted by molar-refractivity contribution is 5.67. The molecule has 0 bridgehead atoms. The van der Waals surface area contributed by atoms with Crippen molar-refractivity contribution >= 4 is 6.09 Å². The molecule has 0 heterocycles.